The Balaban J connectivity index is 2.15. The van der Waals surface area contributed by atoms with Crippen LogP contribution in [-0.4, -0.2) is 29.3 Å². The minimum atomic E-state index is 0.166. The first-order valence-corrected chi connectivity index (χ1v) is 6.60. The molecular weight excluding hydrogens is 248 g/mol. The van der Waals surface area contributed by atoms with Crippen LogP contribution < -0.4 is 4.90 Å². The van der Waals surface area contributed by atoms with E-state index < -0.39 is 0 Å². The third-order valence-electron chi connectivity index (χ3n) is 3.55. The Bertz CT molecular complexity index is 573. The molecule has 1 aromatic heterocycles. The van der Waals surface area contributed by atoms with Gasteiger partial charge < -0.3 is 10.0 Å². The van der Waals surface area contributed by atoms with Gasteiger partial charge in [-0.1, -0.05) is 35.9 Å². The molecule has 2 heterocycles. The van der Waals surface area contributed by atoms with Crippen LogP contribution in [0.1, 0.15) is 12.8 Å². The summed E-state index contributed by atoms with van der Waals surface area (Å²) in [5, 5.41) is 12.1. The van der Waals surface area contributed by atoms with Gasteiger partial charge in [-0.25, -0.2) is 4.98 Å². The van der Waals surface area contributed by atoms with Crippen LogP contribution in [0.25, 0.3) is 10.8 Å². The summed E-state index contributed by atoms with van der Waals surface area (Å²) in [4.78, 5) is 6.64. The first-order valence-electron chi connectivity index (χ1n) is 6.22. The normalized spacial score (nSPS) is 19.7. The molecule has 0 bridgehead atoms. The smallest absolute Gasteiger partial charge is 0.138 e. The quantitative estimate of drug-likeness (QED) is 0.846. The topological polar surface area (TPSA) is 36.4 Å². The highest BCUT2D eigenvalue weighted by Crippen LogP contribution is 2.32. The van der Waals surface area contributed by atoms with Crippen molar-refractivity contribution in [2.45, 2.75) is 18.9 Å². The molecule has 0 spiro atoms. The summed E-state index contributed by atoms with van der Waals surface area (Å²) in [6.45, 7) is 1.10. The van der Waals surface area contributed by atoms with Crippen molar-refractivity contribution in [3.05, 3.63) is 35.5 Å². The van der Waals surface area contributed by atoms with E-state index in [-0.39, 0.29) is 12.6 Å². The SMILES string of the molecule is OC[C@@H]1CCCN1c1nc(Cl)cc2ccccc12. The summed E-state index contributed by atoms with van der Waals surface area (Å²) in [5.41, 5.74) is 0. The van der Waals surface area contributed by atoms with E-state index in [2.05, 4.69) is 16.0 Å². The van der Waals surface area contributed by atoms with Crippen molar-refractivity contribution in [3.8, 4) is 0 Å². The molecule has 1 aromatic carbocycles. The number of fused-ring (bicyclic) bond motifs is 1. The van der Waals surface area contributed by atoms with Crippen molar-refractivity contribution in [2.75, 3.05) is 18.1 Å². The van der Waals surface area contributed by atoms with Crippen LogP contribution in [0.15, 0.2) is 30.3 Å². The van der Waals surface area contributed by atoms with Gasteiger partial charge in [0.1, 0.15) is 11.0 Å². The molecule has 3 rings (SSSR count). The zero-order valence-corrected chi connectivity index (χ0v) is 10.8. The van der Waals surface area contributed by atoms with Gasteiger partial charge in [0.25, 0.3) is 0 Å². The van der Waals surface area contributed by atoms with E-state index in [1.54, 1.807) is 0 Å². The molecule has 0 aliphatic carbocycles. The van der Waals surface area contributed by atoms with Gasteiger partial charge in [-0.05, 0) is 24.3 Å². The number of anilines is 1. The van der Waals surface area contributed by atoms with Gasteiger partial charge >= 0.3 is 0 Å². The average Bonchev–Trinajstić information content (AvgIpc) is 2.85. The van der Waals surface area contributed by atoms with Crippen LogP contribution in [0.5, 0.6) is 0 Å². The molecule has 1 fully saturated rings. The number of pyridine rings is 1. The highest BCUT2D eigenvalue weighted by Gasteiger charge is 2.26. The molecule has 1 atom stereocenters. The molecule has 3 nitrogen and oxygen atoms in total. The predicted molar refractivity (Wildman–Crippen MR) is 74.2 cm³/mol. The number of aliphatic hydroxyl groups is 1. The van der Waals surface area contributed by atoms with Crippen LogP contribution in [0.3, 0.4) is 0 Å². The van der Waals surface area contributed by atoms with E-state index in [4.69, 9.17) is 11.6 Å². The molecule has 2 aromatic rings. The Morgan fingerprint density at radius 3 is 3.06 bits per heavy atom. The number of hydrogen-bond acceptors (Lipinski definition) is 3. The molecule has 1 aliphatic heterocycles. The van der Waals surface area contributed by atoms with Crippen molar-refractivity contribution in [1.29, 1.82) is 0 Å². The molecular formula is C14H15ClN2O. The van der Waals surface area contributed by atoms with E-state index >= 15 is 0 Å². The number of hydrogen-bond donors (Lipinski definition) is 1. The van der Waals surface area contributed by atoms with Crippen LogP contribution in [0, 0.1) is 0 Å². The zero-order chi connectivity index (χ0) is 12.5. The zero-order valence-electron chi connectivity index (χ0n) is 10.0. The maximum Gasteiger partial charge on any atom is 0.138 e. The van der Waals surface area contributed by atoms with Crippen LogP contribution in [0.4, 0.5) is 5.82 Å². The van der Waals surface area contributed by atoms with Crippen molar-refractivity contribution < 1.29 is 5.11 Å². The molecule has 1 N–H and O–H groups in total. The first-order chi connectivity index (χ1) is 8.79. The molecule has 0 amide bonds. The third-order valence-corrected chi connectivity index (χ3v) is 3.74. The molecule has 94 valence electrons. The maximum absolute atomic E-state index is 9.44. The second-order valence-electron chi connectivity index (χ2n) is 4.66. The van der Waals surface area contributed by atoms with Crippen molar-refractivity contribution in [1.82, 2.24) is 4.98 Å². The van der Waals surface area contributed by atoms with Crippen LogP contribution >= 0.6 is 11.6 Å². The Morgan fingerprint density at radius 1 is 1.39 bits per heavy atom. The fourth-order valence-electron chi connectivity index (χ4n) is 2.67. The summed E-state index contributed by atoms with van der Waals surface area (Å²) >= 11 is 6.09. The Labute approximate surface area is 111 Å². The molecule has 0 unspecified atom stereocenters. The highest BCUT2D eigenvalue weighted by molar-refractivity contribution is 6.30. The summed E-state index contributed by atoms with van der Waals surface area (Å²) in [6.07, 6.45) is 2.10. The largest absolute Gasteiger partial charge is 0.394 e. The van der Waals surface area contributed by atoms with Crippen LogP contribution in [-0.2, 0) is 0 Å². The summed E-state index contributed by atoms with van der Waals surface area (Å²) in [6, 6.07) is 10.1. The molecule has 4 heteroatoms. The van der Waals surface area contributed by atoms with Gasteiger partial charge in [0.2, 0.25) is 0 Å². The Hall–Kier alpha value is -1.32. The number of benzene rings is 1. The van der Waals surface area contributed by atoms with E-state index in [1.165, 1.54) is 0 Å². The second-order valence-corrected chi connectivity index (χ2v) is 5.05. The van der Waals surface area contributed by atoms with Crippen molar-refractivity contribution >= 4 is 28.2 Å². The lowest BCUT2D eigenvalue weighted by molar-refractivity contribution is 0.266. The maximum atomic E-state index is 9.44. The molecule has 18 heavy (non-hydrogen) atoms. The molecule has 1 aliphatic rings. The summed E-state index contributed by atoms with van der Waals surface area (Å²) in [7, 11) is 0. The minimum absolute atomic E-state index is 0.166. The van der Waals surface area contributed by atoms with Crippen molar-refractivity contribution in [2.24, 2.45) is 0 Å². The van der Waals surface area contributed by atoms with Gasteiger partial charge in [-0.3, -0.25) is 0 Å². The molecule has 1 saturated heterocycles. The van der Waals surface area contributed by atoms with Gasteiger partial charge in [0.05, 0.1) is 12.6 Å². The Kier molecular flexibility index (Phi) is 3.10. The highest BCUT2D eigenvalue weighted by atomic mass is 35.5. The van der Waals surface area contributed by atoms with Gasteiger partial charge in [-0.15, -0.1) is 0 Å². The lowest BCUT2D eigenvalue weighted by Crippen LogP contribution is -2.32. The number of rotatable bonds is 2. The number of aromatic nitrogens is 1. The van der Waals surface area contributed by atoms with Gasteiger partial charge in [0.15, 0.2) is 0 Å². The standard InChI is InChI=1S/C14H15ClN2O/c15-13-8-10-4-1-2-6-12(10)14(16-13)17-7-3-5-11(17)9-18/h1-2,4,6,8,11,18H,3,5,7,9H2/t11-/m0/s1. The number of nitrogens with zero attached hydrogens (tertiary/aromatic N) is 2. The van der Waals surface area contributed by atoms with Crippen LogP contribution in [0.2, 0.25) is 5.15 Å². The lowest BCUT2D eigenvalue weighted by Gasteiger charge is -2.25. The summed E-state index contributed by atoms with van der Waals surface area (Å²) < 4.78 is 0. The van der Waals surface area contributed by atoms with E-state index in [9.17, 15) is 5.11 Å². The van der Waals surface area contributed by atoms with E-state index in [0.717, 1.165) is 36.0 Å². The Morgan fingerprint density at radius 2 is 2.22 bits per heavy atom. The second kappa shape index (κ2) is 4.75. The van der Waals surface area contributed by atoms with Gasteiger partial charge in [0, 0.05) is 11.9 Å². The van der Waals surface area contributed by atoms with E-state index in [0.29, 0.717) is 5.15 Å². The molecule has 0 radical (unpaired) electrons. The van der Waals surface area contributed by atoms with Crippen molar-refractivity contribution in [3.63, 3.8) is 0 Å². The van der Waals surface area contributed by atoms with E-state index in [1.807, 2.05) is 24.3 Å². The minimum Gasteiger partial charge on any atom is -0.394 e. The fraction of sp³-hybridized carbons (Fsp3) is 0.357. The number of aliphatic hydroxyl groups excluding tert-OH is 1. The predicted octanol–water partition coefficient (Wildman–Crippen LogP) is 2.85. The third kappa shape index (κ3) is 1.93. The number of halogens is 1. The lowest BCUT2D eigenvalue weighted by atomic mass is 10.1. The summed E-state index contributed by atoms with van der Waals surface area (Å²) in [5.74, 6) is 0.898. The first kappa shape index (κ1) is 11.8. The molecule has 0 saturated carbocycles. The average molecular weight is 263 g/mol. The monoisotopic (exact) mass is 262 g/mol. The van der Waals surface area contributed by atoms with Gasteiger partial charge in [-0.2, -0.15) is 0 Å². The fourth-order valence-corrected chi connectivity index (χ4v) is 2.87.